The summed E-state index contributed by atoms with van der Waals surface area (Å²) in [6.07, 6.45) is 0. The number of rotatable bonds is 2. The average molecular weight is 226 g/mol. The molecule has 88 valence electrons. The van der Waals surface area contributed by atoms with E-state index in [1.165, 1.54) is 6.92 Å². The lowest BCUT2D eigenvalue weighted by Crippen LogP contribution is -1.92. The van der Waals surface area contributed by atoms with Gasteiger partial charge in [-0.15, -0.1) is 12.3 Å². The number of hydrogen-bond donors (Lipinski definition) is 1. The van der Waals surface area contributed by atoms with Gasteiger partial charge in [0.1, 0.15) is 0 Å². The molecular formula is C15H16NO-. The van der Waals surface area contributed by atoms with Crippen LogP contribution in [0.5, 0.6) is 0 Å². The molecule has 0 saturated carbocycles. The van der Waals surface area contributed by atoms with E-state index in [-0.39, 0.29) is 5.76 Å². The van der Waals surface area contributed by atoms with Gasteiger partial charge < -0.3 is 10.4 Å². The first-order valence-electron chi connectivity index (χ1n) is 5.38. The third-order valence-electron chi connectivity index (χ3n) is 1.84. The number of benzene rings is 2. The Balaban J connectivity index is 0.000000317. The lowest BCUT2D eigenvalue weighted by Gasteiger charge is -2.04. The third-order valence-corrected chi connectivity index (χ3v) is 1.84. The first-order chi connectivity index (χ1) is 8.18. The minimum atomic E-state index is -0.0833. The lowest BCUT2D eigenvalue weighted by atomic mass is 10.3. The molecule has 0 aliphatic rings. The summed E-state index contributed by atoms with van der Waals surface area (Å²) in [7, 11) is 0. The Labute approximate surface area is 102 Å². The molecule has 0 amide bonds. The Bertz CT molecular complexity index is 395. The van der Waals surface area contributed by atoms with Crippen molar-refractivity contribution >= 4 is 11.4 Å². The highest BCUT2D eigenvalue weighted by atomic mass is 16.3. The maximum absolute atomic E-state index is 9.33. The SMILES string of the molecule is C=C(C)[O-].c1ccc(Nc2ccccc2)cc1. The summed E-state index contributed by atoms with van der Waals surface area (Å²) < 4.78 is 0. The second-order valence-corrected chi connectivity index (χ2v) is 3.56. The molecule has 2 heteroatoms. The molecule has 17 heavy (non-hydrogen) atoms. The molecule has 1 N–H and O–H groups in total. The van der Waals surface area contributed by atoms with Crippen LogP contribution in [0.3, 0.4) is 0 Å². The van der Waals surface area contributed by atoms with Gasteiger partial charge in [-0.2, -0.15) is 0 Å². The standard InChI is InChI=1S/C12H11N.C3H6O/c1-3-7-11(8-4-1)13-12-9-5-2-6-10-12;1-3(2)4/h1-10,13H;4H,1H2,2H3/p-1. The van der Waals surface area contributed by atoms with Crippen LogP contribution >= 0.6 is 0 Å². The Morgan fingerprint density at radius 3 is 1.47 bits per heavy atom. The van der Waals surface area contributed by atoms with Crippen molar-refractivity contribution in [3.63, 3.8) is 0 Å². The summed E-state index contributed by atoms with van der Waals surface area (Å²) >= 11 is 0. The van der Waals surface area contributed by atoms with Gasteiger partial charge in [-0.1, -0.05) is 43.3 Å². The van der Waals surface area contributed by atoms with Crippen molar-refractivity contribution in [1.82, 2.24) is 0 Å². The number of nitrogens with one attached hydrogen (secondary N) is 1. The summed E-state index contributed by atoms with van der Waals surface area (Å²) in [5, 5.41) is 12.6. The van der Waals surface area contributed by atoms with Crippen LogP contribution in [0.1, 0.15) is 6.92 Å². The van der Waals surface area contributed by atoms with Gasteiger partial charge in [0.25, 0.3) is 0 Å². The van der Waals surface area contributed by atoms with Crippen LogP contribution in [0.2, 0.25) is 0 Å². The van der Waals surface area contributed by atoms with Crippen LogP contribution in [-0.4, -0.2) is 0 Å². The topological polar surface area (TPSA) is 35.1 Å². The highest BCUT2D eigenvalue weighted by Crippen LogP contribution is 2.14. The molecule has 0 aromatic heterocycles. The van der Waals surface area contributed by atoms with Crippen molar-refractivity contribution in [2.75, 3.05) is 5.32 Å². The van der Waals surface area contributed by atoms with Gasteiger partial charge >= 0.3 is 0 Å². The minimum absolute atomic E-state index is 0.0833. The fourth-order valence-electron chi connectivity index (χ4n) is 1.21. The predicted octanol–water partition coefficient (Wildman–Crippen LogP) is 3.31. The summed E-state index contributed by atoms with van der Waals surface area (Å²) in [6, 6.07) is 20.3. The van der Waals surface area contributed by atoms with Crippen molar-refractivity contribution in [2.45, 2.75) is 6.92 Å². The van der Waals surface area contributed by atoms with E-state index in [1.54, 1.807) is 0 Å². The molecule has 0 atom stereocenters. The Morgan fingerprint density at radius 2 is 1.18 bits per heavy atom. The van der Waals surface area contributed by atoms with E-state index in [0.717, 1.165) is 11.4 Å². The van der Waals surface area contributed by atoms with E-state index in [4.69, 9.17) is 0 Å². The Morgan fingerprint density at radius 1 is 0.882 bits per heavy atom. The average Bonchev–Trinajstić information content (AvgIpc) is 2.31. The second-order valence-electron chi connectivity index (χ2n) is 3.56. The van der Waals surface area contributed by atoms with E-state index < -0.39 is 0 Å². The summed E-state index contributed by atoms with van der Waals surface area (Å²) in [5.41, 5.74) is 2.24. The van der Waals surface area contributed by atoms with Crippen LogP contribution < -0.4 is 10.4 Å². The molecule has 0 heterocycles. The zero-order valence-electron chi connectivity index (χ0n) is 9.89. The predicted molar refractivity (Wildman–Crippen MR) is 71.0 cm³/mol. The quantitative estimate of drug-likeness (QED) is 0.797. The molecule has 0 radical (unpaired) electrons. The maximum Gasteiger partial charge on any atom is 0.0384 e. The zero-order chi connectivity index (χ0) is 12.5. The van der Waals surface area contributed by atoms with E-state index >= 15 is 0 Å². The van der Waals surface area contributed by atoms with E-state index in [0.29, 0.717) is 0 Å². The van der Waals surface area contributed by atoms with Crippen LogP contribution in [-0.2, 0) is 0 Å². The molecule has 2 aromatic carbocycles. The molecule has 0 aliphatic carbocycles. The van der Waals surface area contributed by atoms with E-state index in [1.807, 2.05) is 60.7 Å². The van der Waals surface area contributed by atoms with Crippen molar-refractivity contribution in [3.8, 4) is 0 Å². The van der Waals surface area contributed by atoms with Crippen molar-refractivity contribution in [1.29, 1.82) is 0 Å². The fourth-order valence-corrected chi connectivity index (χ4v) is 1.21. The van der Waals surface area contributed by atoms with Gasteiger partial charge in [0.2, 0.25) is 0 Å². The van der Waals surface area contributed by atoms with Crippen LogP contribution in [0.25, 0.3) is 0 Å². The van der Waals surface area contributed by atoms with Gasteiger partial charge in [0.15, 0.2) is 0 Å². The van der Waals surface area contributed by atoms with Gasteiger partial charge in [-0.25, -0.2) is 0 Å². The molecular weight excluding hydrogens is 210 g/mol. The molecule has 0 fully saturated rings. The largest absolute Gasteiger partial charge is 0.876 e. The smallest absolute Gasteiger partial charge is 0.0384 e. The molecule has 2 aromatic rings. The number of allylic oxidation sites excluding steroid dienone is 1. The van der Waals surface area contributed by atoms with Gasteiger partial charge in [-0.3, -0.25) is 0 Å². The van der Waals surface area contributed by atoms with Crippen molar-refractivity contribution in [3.05, 3.63) is 73.0 Å². The summed E-state index contributed by atoms with van der Waals surface area (Å²) in [4.78, 5) is 0. The highest BCUT2D eigenvalue weighted by Gasteiger charge is 1.89. The van der Waals surface area contributed by atoms with Gasteiger partial charge in [0, 0.05) is 11.4 Å². The van der Waals surface area contributed by atoms with E-state index in [2.05, 4.69) is 11.9 Å². The van der Waals surface area contributed by atoms with E-state index in [9.17, 15) is 5.11 Å². The first-order valence-corrected chi connectivity index (χ1v) is 5.38. The zero-order valence-corrected chi connectivity index (χ0v) is 9.89. The van der Waals surface area contributed by atoms with Crippen molar-refractivity contribution in [2.24, 2.45) is 0 Å². The number of para-hydroxylation sites is 2. The molecule has 2 nitrogen and oxygen atoms in total. The summed E-state index contributed by atoms with van der Waals surface area (Å²) in [5.74, 6) is -0.0833. The molecule has 0 saturated heterocycles. The second kappa shape index (κ2) is 7.12. The monoisotopic (exact) mass is 226 g/mol. The number of hydrogen-bond acceptors (Lipinski definition) is 2. The van der Waals surface area contributed by atoms with Crippen LogP contribution in [0, 0.1) is 0 Å². The maximum atomic E-state index is 9.33. The molecule has 0 bridgehead atoms. The third kappa shape index (κ3) is 6.05. The normalized spacial score (nSPS) is 8.76. The molecule has 0 unspecified atom stereocenters. The van der Waals surface area contributed by atoms with Gasteiger partial charge in [-0.05, 0) is 24.3 Å². The first kappa shape index (κ1) is 12.8. The van der Waals surface area contributed by atoms with Crippen molar-refractivity contribution < 1.29 is 5.11 Å². The lowest BCUT2D eigenvalue weighted by molar-refractivity contribution is -0.300. The van der Waals surface area contributed by atoms with Crippen LogP contribution in [0.4, 0.5) is 11.4 Å². The van der Waals surface area contributed by atoms with Gasteiger partial charge in [0.05, 0.1) is 0 Å². The Hall–Kier alpha value is -2.22. The fraction of sp³-hybridized carbons (Fsp3) is 0.0667. The molecule has 0 spiro atoms. The summed E-state index contributed by atoms with van der Waals surface area (Å²) in [6.45, 7) is 4.42. The minimum Gasteiger partial charge on any atom is -0.876 e. The number of anilines is 2. The van der Waals surface area contributed by atoms with Crippen LogP contribution in [0.15, 0.2) is 73.0 Å². The molecule has 0 aliphatic heterocycles. The highest BCUT2D eigenvalue weighted by molar-refractivity contribution is 5.58. The molecule has 2 rings (SSSR count). The Kier molecular flexibility index (Phi) is 5.38.